The van der Waals surface area contributed by atoms with E-state index < -0.39 is 0 Å². The number of aromatic nitrogens is 2. The van der Waals surface area contributed by atoms with E-state index in [0.717, 1.165) is 37.7 Å². The lowest BCUT2D eigenvalue weighted by atomic mass is 10.4. The Morgan fingerprint density at radius 2 is 2.06 bits per heavy atom. The standard InChI is InChI=1S/C12H20N4/c1-3-6-15(2)11-9-12(14-10-13-11)16-7-4-5-8-16/h9-10H,3-8H2,1-2H3. The highest BCUT2D eigenvalue weighted by Crippen LogP contribution is 2.20. The minimum Gasteiger partial charge on any atom is -0.360 e. The third kappa shape index (κ3) is 2.43. The van der Waals surface area contributed by atoms with Crippen molar-refractivity contribution in [3.05, 3.63) is 12.4 Å². The molecule has 1 aliphatic rings. The zero-order chi connectivity index (χ0) is 11.4. The predicted octanol–water partition coefficient (Wildman–Crippen LogP) is 1.92. The van der Waals surface area contributed by atoms with E-state index in [4.69, 9.17) is 0 Å². The molecule has 0 aliphatic carbocycles. The van der Waals surface area contributed by atoms with Gasteiger partial charge in [0.15, 0.2) is 0 Å². The first kappa shape index (κ1) is 11.2. The molecule has 0 spiro atoms. The molecule has 1 aromatic rings. The molecule has 0 amide bonds. The molecule has 1 fully saturated rings. The van der Waals surface area contributed by atoms with Gasteiger partial charge in [-0.05, 0) is 19.3 Å². The van der Waals surface area contributed by atoms with E-state index in [1.165, 1.54) is 12.8 Å². The molecule has 4 nitrogen and oxygen atoms in total. The molecule has 1 saturated heterocycles. The Kier molecular flexibility index (Phi) is 3.59. The van der Waals surface area contributed by atoms with E-state index in [9.17, 15) is 0 Å². The average Bonchev–Trinajstić information content (AvgIpc) is 2.83. The van der Waals surface area contributed by atoms with Crippen LogP contribution < -0.4 is 9.80 Å². The summed E-state index contributed by atoms with van der Waals surface area (Å²) in [5.74, 6) is 2.10. The van der Waals surface area contributed by atoms with Crippen molar-refractivity contribution in [2.75, 3.05) is 36.5 Å². The lowest BCUT2D eigenvalue weighted by Crippen LogP contribution is -2.22. The van der Waals surface area contributed by atoms with Gasteiger partial charge in [0, 0.05) is 32.7 Å². The van der Waals surface area contributed by atoms with Crippen molar-refractivity contribution in [1.29, 1.82) is 0 Å². The van der Waals surface area contributed by atoms with Gasteiger partial charge >= 0.3 is 0 Å². The zero-order valence-electron chi connectivity index (χ0n) is 10.2. The van der Waals surface area contributed by atoms with E-state index in [2.05, 4.69) is 39.8 Å². The molecular formula is C12H20N4. The van der Waals surface area contributed by atoms with Crippen LogP contribution in [0.5, 0.6) is 0 Å². The van der Waals surface area contributed by atoms with E-state index in [1.54, 1.807) is 6.33 Å². The fourth-order valence-corrected chi connectivity index (χ4v) is 2.12. The second-order valence-electron chi connectivity index (χ2n) is 4.35. The van der Waals surface area contributed by atoms with E-state index in [-0.39, 0.29) is 0 Å². The Hall–Kier alpha value is -1.32. The first-order chi connectivity index (χ1) is 7.81. The van der Waals surface area contributed by atoms with E-state index in [1.807, 2.05) is 0 Å². The fourth-order valence-electron chi connectivity index (χ4n) is 2.12. The summed E-state index contributed by atoms with van der Waals surface area (Å²) >= 11 is 0. The van der Waals surface area contributed by atoms with Crippen molar-refractivity contribution in [3.63, 3.8) is 0 Å². The normalized spacial score (nSPS) is 15.5. The number of hydrogen-bond donors (Lipinski definition) is 0. The molecule has 1 aliphatic heterocycles. The summed E-state index contributed by atoms with van der Waals surface area (Å²) < 4.78 is 0. The molecule has 0 N–H and O–H groups in total. The third-order valence-corrected chi connectivity index (χ3v) is 3.02. The molecular weight excluding hydrogens is 200 g/mol. The molecule has 16 heavy (non-hydrogen) atoms. The van der Waals surface area contributed by atoms with Crippen LogP contribution in [0.1, 0.15) is 26.2 Å². The molecule has 2 rings (SSSR count). The Labute approximate surface area is 97.3 Å². The van der Waals surface area contributed by atoms with Crippen LogP contribution in [-0.4, -0.2) is 36.6 Å². The van der Waals surface area contributed by atoms with Gasteiger partial charge in [0.2, 0.25) is 0 Å². The van der Waals surface area contributed by atoms with Crippen LogP contribution >= 0.6 is 0 Å². The topological polar surface area (TPSA) is 32.3 Å². The average molecular weight is 220 g/mol. The zero-order valence-corrected chi connectivity index (χ0v) is 10.2. The van der Waals surface area contributed by atoms with Crippen molar-refractivity contribution < 1.29 is 0 Å². The van der Waals surface area contributed by atoms with Crippen molar-refractivity contribution in [2.24, 2.45) is 0 Å². The van der Waals surface area contributed by atoms with Crippen molar-refractivity contribution in [3.8, 4) is 0 Å². The van der Waals surface area contributed by atoms with Crippen LogP contribution in [0.15, 0.2) is 12.4 Å². The Balaban J connectivity index is 2.12. The van der Waals surface area contributed by atoms with Crippen LogP contribution in [0, 0.1) is 0 Å². The fraction of sp³-hybridized carbons (Fsp3) is 0.667. The summed E-state index contributed by atoms with van der Waals surface area (Å²) in [6.45, 7) is 5.48. The summed E-state index contributed by atoms with van der Waals surface area (Å²) in [6.07, 6.45) is 5.38. The molecule has 0 atom stereocenters. The maximum atomic E-state index is 4.35. The first-order valence-electron chi connectivity index (χ1n) is 6.09. The Bertz CT molecular complexity index is 334. The highest BCUT2D eigenvalue weighted by atomic mass is 15.2. The van der Waals surface area contributed by atoms with Crippen molar-refractivity contribution >= 4 is 11.6 Å². The molecule has 0 saturated carbocycles. The molecule has 0 unspecified atom stereocenters. The summed E-state index contributed by atoms with van der Waals surface area (Å²) in [5.41, 5.74) is 0. The molecule has 4 heteroatoms. The lowest BCUT2D eigenvalue weighted by molar-refractivity contribution is 0.830. The van der Waals surface area contributed by atoms with Gasteiger partial charge in [0.25, 0.3) is 0 Å². The molecule has 0 aromatic carbocycles. The van der Waals surface area contributed by atoms with E-state index in [0.29, 0.717) is 0 Å². The quantitative estimate of drug-likeness (QED) is 0.776. The van der Waals surface area contributed by atoms with Gasteiger partial charge in [-0.15, -0.1) is 0 Å². The monoisotopic (exact) mass is 220 g/mol. The van der Waals surface area contributed by atoms with Crippen LogP contribution in [0.2, 0.25) is 0 Å². The molecule has 1 aromatic heterocycles. The van der Waals surface area contributed by atoms with Crippen LogP contribution in [0.3, 0.4) is 0 Å². The maximum Gasteiger partial charge on any atom is 0.134 e. The smallest absolute Gasteiger partial charge is 0.134 e. The number of rotatable bonds is 4. The Morgan fingerprint density at radius 3 is 2.75 bits per heavy atom. The number of anilines is 2. The van der Waals surface area contributed by atoms with Crippen LogP contribution in [0.25, 0.3) is 0 Å². The van der Waals surface area contributed by atoms with Gasteiger partial charge in [0.05, 0.1) is 0 Å². The highest BCUT2D eigenvalue weighted by molar-refractivity contribution is 5.50. The van der Waals surface area contributed by atoms with Crippen LogP contribution in [0.4, 0.5) is 11.6 Å². The second-order valence-corrected chi connectivity index (χ2v) is 4.35. The predicted molar refractivity (Wildman–Crippen MR) is 67.0 cm³/mol. The number of nitrogens with zero attached hydrogens (tertiary/aromatic N) is 4. The van der Waals surface area contributed by atoms with Gasteiger partial charge < -0.3 is 9.80 Å². The summed E-state index contributed by atoms with van der Waals surface area (Å²) in [5, 5.41) is 0. The second kappa shape index (κ2) is 5.14. The number of hydrogen-bond acceptors (Lipinski definition) is 4. The minimum atomic E-state index is 1.03. The maximum absolute atomic E-state index is 4.35. The largest absolute Gasteiger partial charge is 0.360 e. The molecule has 88 valence electrons. The van der Waals surface area contributed by atoms with Gasteiger partial charge in [-0.1, -0.05) is 6.92 Å². The van der Waals surface area contributed by atoms with Gasteiger partial charge in [-0.2, -0.15) is 0 Å². The van der Waals surface area contributed by atoms with Gasteiger partial charge in [0.1, 0.15) is 18.0 Å². The van der Waals surface area contributed by atoms with Gasteiger partial charge in [-0.3, -0.25) is 0 Å². The summed E-state index contributed by atoms with van der Waals surface area (Å²) in [6, 6.07) is 2.10. The SMILES string of the molecule is CCCN(C)c1cc(N2CCCC2)ncn1. The van der Waals surface area contributed by atoms with Crippen molar-refractivity contribution in [2.45, 2.75) is 26.2 Å². The first-order valence-corrected chi connectivity index (χ1v) is 6.09. The summed E-state index contributed by atoms with van der Waals surface area (Å²) in [4.78, 5) is 13.2. The molecule has 2 heterocycles. The van der Waals surface area contributed by atoms with Gasteiger partial charge in [-0.25, -0.2) is 9.97 Å². The van der Waals surface area contributed by atoms with E-state index >= 15 is 0 Å². The molecule has 0 bridgehead atoms. The third-order valence-electron chi connectivity index (χ3n) is 3.02. The summed E-state index contributed by atoms with van der Waals surface area (Å²) in [7, 11) is 2.08. The molecule has 0 radical (unpaired) electrons. The minimum absolute atomic E-state index is 1.03. The van der Waals surface area contributed by atoms with Crippen molar-refractivity contribution in [1.82, 2.24) is 9.97 Å². The highest BCUT2D eigenvalue weighted by Gasteiger charge is 2.14. The lowest BCUT2D eigenvalue weighted by Gasteiger charge is -2.20. The van der Waals surface area contributed by atoms with Crippen LogP contribution in [-0.2, 0) is 0 Å². The Morgan fingerprint density at radius 1 is 1.31 bits per heavy atom.